The summed E-state index contributed by atoms with van der Waals surface area (Å²) in [5, 5.41) is 2.51. The Morgan fingerprint density at radius 1 is 1.43 bits per heavy atom. The average Bonchev–Trinajstić information content (AvgIpc) is 2.97. The summed E-state index contributed by atoms with van der Waals surface area (Å²) in [6.07, 6.45) is -0.606. The van der Waals surface area contributed by atoms with Crippen molar-refractivity contribution in [3.05, 3.63) is 35.3 Å². The van der Waals surface area contributed by atoms with Crippen molar-refractivity contribution in [2.24, 2.45) is 0 Å². The minimum Gasteiger partial charge on any atom is -0.479 e. The minimum atomic E-state index is -0.606. The van der Waals surface area contributed by atoms with E-state index in [9.17, 15) is 9.59 Å². The van der Waals surface area contributed by atoms with Crippen LogP contribution in [0.3, 0.4) is 0 Å². The molecule has 0 bridgehead atoms. The van der Waals surface area contributed by atoms with E-state index in [4.69, 9.17) is 4.74 Å². The van der Waals surface area contributed by atoms with Gasteiger partial charge in [-0.1, -0.05) is 12.1 Å². The first-order chi connectivity index (χ1) is 11.0. The van der Waals surface area contributed by atoms with Crippen LogP contribution < -0.4 is 14.5 Å². The fourth-order valence-electron chi connectivity index (χ4n) is 2.37. The van der Waals surface area contributed by atoms with E-state index >= 15 is 0 Å². The van der Waals surface area contributed by atoms with Crippen molar-refractivity contribution >= 4 is 34.0 Å². The number of aryl methyl sites for hydroxylation is 1. The molecule has 1 aromatic carbocycles. The molecule has 0 radical (unpaired) electrons. The molecule has 7 heteroatoms. The third kappa shape index (κ3) is 2.92. The molecule has 0 saturated heterocycles. The number of benzene rings is 1. The first-order valence-corrected chi connectivity index (χ1v) is 8.11. The zero-order valence-corrected chi connectivity index (χ0v) is 14.0. The fourth-order valence-corrected chi connectivity index (χ4v) is 3.15. The molecule has 1 aliphatic heterocycles. The Balaban J connectivity index is 1.83. The van der Waals surface area contributed by atoms with E-state index in [0.717, 1.165) is 5.69 Å². The van der Waals surface area contributed by atoms with Crippen LogP contribution in [0.15, 0.2) is 29.6 Å². The van der Waals surface area contributed by atoms with Gasteiger partial charge < -0.3 is 4.74 Å². The molecular formula is C16H17N3O3S. The van der Waals surface area contributed by atoms with Crippen molar-refractivity contribution in [2.45, 2.75) is 20.0 Å². The van der Waals surface area contributed by atoms with Gasteiger partial charge in [0.05, 0.1) is 11.4 Å². The van der Waals surface area contributed by atoms with Gasteiger partial charge in [0.15, 0.2) is 11.2 Å². The summed E-state index contributed by atoms with van der Waals surface area (Å²) in [4.78, 5) is 32.2. The van der Waals surface area contributed by atoms with Gasteiger partial charge in [-0.3, -0.25) is 19.4 Å². The highest BCUT2D eigenvalue weighted by atomic mass is 32.1. The summed E-state index contributed by atoms with van der Waals surface area (Å²) >= 11 is 1.40. The maximum Gasteiger partial charge on any atom is 0.268 e. The number of rotatable bonds is 3. The normalized spacial score (nSPS) is 16.7. The Morgan fingerprint density at radius 3 is 2.87 bits per heavy atom. The number of hydrogen-bond acceptors (Lipinski definition) is 5. The number of nitrogens with zero attached hydrogens (tertiary/aromatic N) is 3. The van der Waals surface area contributed by atoms with Crippen LogP contribution in [0.2, 0.25) is 0 Å². The Morgan fingerprint density at radius 2 is 2.17 bits per heavy atom. The predicted molar refractivity (Wildman–Crippen MR) is 89.1 cm³/mol. The number of carbonyl (C=O) groups excluding carboxylic acids is 2. The Bertz CT molecular complexity index is 759. The van der Waals surface area contributed by atoms with Crippen LogP contribution >= 0.6 is 11.3 Å². The molecule has 1 atom stereocenters. The van der Waals surface area contributed by atoms with E-state index in [1.807, 2.05) is 24.4 Å². The second kappa shape index (κ2) is 6.00. The Kier molecular flexibility index (Phi) is 4.04. The van der Waals surface area contributed by atoms with Gasteiger partial charge in [-0.2, -0.15) is 0 Å². The van der Waals surface area contributed by atoms with Gasteiger partial charge in [-0.15, -0.1) is 11.3 Å². The van der Waals surface area contributed by atoms with E-state index in [1.54, 1.807) is 26.1 Å². The van der Waals surface area contributed by atoms with Gasteiger partial charge in [0, 0.05) is 12.4 Å². The molecule has 120 valence electrons. The molecule has 6 nitrogen and oxygen atoms in total. The van der Waals surface area contributed by atoms with E-state index < -0.39 is 6.10 Å². The topological polar surface area (TPSA) is 62.7 Å². The molecule has 2 amide bonds. The number of ether oxygens (including phenoxy) is 1. The third-order valence-corrected chi connectivity index (χ3v) is 4.67. The SMILES string of the molecule is Cc1csc(N(C)C(=O)CN2C(=O)[C@H](C)Oc3ccccc32)n1. The standard InChI is InChI=1S/C16H17N3O3S/c1-10-9-23-16(17-10)18(3)14(20)8-19-12-6-4-5-7-13(12)22-11(2)15(19)21/h4-7,9,11H,8H2,1-3H3/t11-/m0/s1. The van der Waals surface area contributed by atoms with Crippen molar-refractivity contribution < 1.29 is 14.3 Å². The maximum absolute atomic E-state index is 12.5. The number of aromatic nitrogens is 1. The van der Waals surface area contributed by atoms with Gasteiger partial charge >= 0.3 is 0 Å². The van der Waals surface area contributed by atoms with Crippen molar-refractivity contribution in [1.82, 2.24) is 4.98 Å². The van der Waals surface area contributed by atoms with Crippen molar-refractivity contribution in [3.63, 3.8) is 0 Å². The van der Waals surface area contributed by atoms with Crippen LogP contribution in [-0.4, -0.2) is 36.5 Å². The van der Waals surface area contributed by atoms with Crippen molar-refractivity contribution in [1.29, 1.82) is 0 Å². The molecule has 1 aromatic heterocycles. The van der Waals surface area contributed by atoms with Crippen LogP contribution in [0.1, 0.15) is 12.6 Å². The maximum atomic E-state index is 12.5. The average molecular weight is 331 g/mol. The van der Waals surface area contributed by atoms with E-state index in [2.05, 4.69) is 4.98 Å². The zero-order chi connectivity index (χ0) is 16.6. The lowest BCUT2D eigenvalue weighted by Gasteiger charge is -2.33. The van der Waals surface area contributed by atoms with Gasteiger partial charge in [0.1, 0.15) is 12.3 Å². The van der Waals surface area contributed by atoms with E-state index in [0.29, 0.717) is 16.6 Å². The van der Waals surface area contributed by atoms with E-state index in [1.165, 1.54) is 21.1 Å². The number of anilines is 2. The largest absolute Gasteiger partial charge is 0.479 e. The van der Waals surface area contributed by atoms with Gasteiger partial charge in [0.2, 0.25) is 5.91 Å². The number of thiazole rings is 1. The van der Waals surface area contributed by atoms with E-state index in [-0.39, 0.29) is 18.4 Å². The quantitative estimate of drug-likeness (QED) is 0.865. The summed E-state index contributed by atoms with van der Waals surface area (Å²) in [6, 6.07) is 7.23. The molecule has 0 fully saturated rings. The number of amides is 2. The van der Waals surface area contributed by atoms with Crippen molar-refractivity contribution in [2.75, 3.05) is 23.4 Å². The predicted octanol–water partition coefficient (Wildman–Crippen LogP) is 2.23. The van der Waals surface area contributed by atoms with Crippen LogP contribution in [0.5, 0.6) is 5.75 Å². The summed E-state index contributed by atoms with van der Waals surface area (Å²) in [5.74, 6) is 0.192. The molecule has 0 N–H and O–H groups in total. The van der Waals surface area contributed by atoms with Crippen molar-refractivity contribution in [3.8, 4) is 5.75 Å². The summed E-state index contributed by atoms with van der Waals surface area (Å²) in [5.41, 5.74) is 1.48. The summed E-state index contributed by atoms with van der Waals surface area (Å²) < 4.78 is 5.58. The highest BCUT2D eigenvalue weighted by Crippen LogP contribution is 2.33. The number of hydrogen-bond donors (Lipinski definition) is 0. The number of fused-ring (bicyclic) bond motifs is 1. The fraction of sp³-hybridized carbons (Fsp3) is 0.312. The third-order valence-electron chi connectivity index (χ3n) is 3.63. The number of para-hydroxylation sites is 2. The summed E-state index contributed by atoms with van der Waals surface area (Å²) in [6.45, 7) is 3.52. The molecule has 1 aliphatic rings. The first kappa shape index (κ1) is 15.5. The monoisotopic (exact) mass is 331 g/mol. The second-order valence-corrected chi connectivity index (χ2v) is 6.21. The minimum absolute atomic E-state index is 0.0430. The van der Waals surface area contributed by atoms with Gasteiger partial charge in [-0.05, 0) is 26.0 Å². The molecular weight excluding hydrogens is 314 g/mol. The molecule has 23 heavy (non-hydrogen) atoms. The molecule has 2 heterocycles. The lowest BCUT2D eigenvalue weighted by atomic mass is 10.2. The molecule has 0 aliphatic carbocycles. The molecule has 2 aromatic rings. The highest BCUT2D eigenvalue weighted by molar-refractivity contribution is 7.14. The van der Waals surface area contributed by atoms with Crippen LogP contribution in [0.25, 0.3) is 0 Å². The summed E-state index contributed by atoms with van der Waals surface area (Å²) in [7, 11) is 1.67. The molecule has 3 rings (SSSR count). The smallest absolute Gasteiger partial charge is 0.268 e. The first-order valence-electron chi connectivity index (χ1n) is 7.23. The Labute approximate surface area is 138 Å². The number of likely N-dealkylation sites (N-methyl/N-ethyl adjacent to an activating group) is 1. The molecule has 0 unspecified atom stereocenters. The lowest BCUT2D eigenvalue weighted by Crippen LogP contribution is -2.49. The van der Waals surface area contributed by atoms with Crippen LogP contribution in [0.4, 0.5) is 10.8 Å². The Hall–Kier alpha value is -2.41. The lowest BCUT2D eigenvalue weighted by molar-refractivity contribution is -0.127. The molecule has 0 saturated carbocycles. The second-order valence-electron chi connectivity index (χ2n) is 5.38. The van der Waals surface area contributed by atoms with Crippen LogP contribution in [0, 0.1) is 6.92 Å². The van der Waals surface area contributed by atoms with Gasteiger partial charge in [-0.25, -0.2) is 4.98 Å². The molecule has 0 spiro atoms. The highest BCUT2D eigenvalue weighted by Gasteiger charge is 2.33. The zero-order valence-electron chi connectivity index (χ0n) is 13.1. The number of carbonyl (C=O) groups is 2. The van der Waals surface area contributed by atoms with Gasteiger partial charge in [0.25, 0.3) is 5.91 Å². The van der Waals surface area contributed by atoms with Crippen LogP contribution in [-0.2, 0) is 9.59 Å².